The van der Waals surface area contributed by atoms with Crippen molar-refractivity contribution in [3.05, 3.63) is 16.7 Å². The predicted molar refractivity (Wildman–Crippen MR) is 50.3 cm³/mol. The van der Waals surface area contributed by atoms with E-state index in [9.17, 15) is 15.3 Å². The van der Waals surface area contributed by atoms with Gasteiger partial charge in [-0.3, -0.25) is 0 Å². The Morgan fingerprint density at radius 1 is 0.846 bits per heavy atom. The van der Waals surface area contributed by atoms with E-state index in [2.05, 4.69) is 0 Å². The fraction of sp³-hybridized carbons (Fsp3) is 0.400. The molecule has 0 aromatic heterocycles. The zero-order chi connectivity index (χ0) is 10.2. The summed E-state index contributed by atoms with van der Waals surface area (Å²) in [5.41, 5.74) is 1.56. The Bertz CT molecular complexity index is 314. The van der Waals surface area contributed by atoms with Crippen LogP contribution >= 0.6 is 0 Å². The number of hydrogen-bond acceptors (Lipinski definition) is 3. The Morgan fingerprint density at radius 3 is 1.85 bits per heavy atom. The molecule has 3 N–H and O–H groups in total. The monoisotopic (exact) mass is 182 g/mol. The van der Waals surface area contributed by atoms with Crippen LogP contribution in [0.3, 0.4) is 0 Å². The van der Waals surface area contributed by atoms with Gasteiger partial charge >= 0.3 is 0 Å². The molecule has 0 aliphatic heterocycles. The molecule has 0 heterocycles. The van der Waals surface area contributed by atoms with Crippen molar-refractivity contribution in [1.82, 2.24) is 0 Å². The third kappa shape index (κ3) is 1.30. The van der Waals surface area contributed by atoms with E-state index in [4.69, 9.17) is 0 Å². The van der Waals surface area contributed by atoms with Gasteiger partial charge in [-0.25, -0.2) is 0 Å². The van der Waals surface area contributed by atoms with Crippen molar-refractivity contribution in [3.8, 4) is 17.2 Å². The van der Waals surface area contributed by atoms with Crippen molar-refractivity contribution < 1.29 is 15.3 Å². The third-order valence-corrected chi connectivity index (χ3v) is 2.38. The number of rotatable bonds is 1. The highest BCUT2D eigenvalue weighted by atomic mass is 16.3. The van der Waals surface area contributed by atoms with Gasteiger partial charge in [-0.15, -0.1) is 0 Å². The number of hydrogen-bond donors (Lipinski definition) is 3. The molecule has 0 atom stereocenters. The first-order valence-electron chi connectivity index (χ1n) is 4.23. The van der Waals surface area contributed by atoms with E-state index in [1.165, 1.54) is 0 Å². The van der Waals surface area contributed by atoms with Gasteiger partial charge in [0.05, 0.1) is 0 Å². The number of phenolic OH excluding ortho intramolecular Hbond substituents is 3. The molecule has 0 bridgehead atoms. The van der Waals surface area contributed by atoms with Crippen LogP contribution in [0, 0.1) is 13.8 Å². The van der Waals surface area contributed by atoms with Gasteiger partial charge in [0.1, 0.15) is 5.75 Å². The topological polar surface area (TPSA) is 60.7 Å². The van der Waals surface area contributed by atoms with E-state index >= 15 is 0 Å². The summed E-state index contributed by atoms with van der Waals surface area (Å²) >= 11 is 0. The predicted octanol–water partition coefficient (Wildman–Crippen LogP) is 1.98. The molecule has 0 saturated heterocycles. The van der Waals surface area contributed by atoms with Crippen LogP contribution in [-0.2, 0) is 6.42 Å². The molecule has 13 heavy (non-hydrogen) atoms. The molecule has 3 heteroatoms. The van der Waals surface area contributed by atoms with Crippen LogP contribution in [0.2, 0.25) is 0 Å². The summed E-state index contributed by atoms with van der Waals surface area (Å²) in [5.74, 6) is -0.276. The zero-order valence-electron chi connectivity index (χ0n) is 8.05. The Kier molecular flexibility index (Phi) is 2.36. The average Bonchev–Trinajstić information content (AvgIpc) is 2.13. The molecule has 1 aromatic rings. The first-order valence-corrected chi connectivity index (χ1v) is 4.23. The molecule has 0 fully saturated rings. The van der Waals surface area contributed by atoms with Crippen LogP contribution in [0.5, 0.6) is 17.2 Å². The second-order valence-corrected chi connectivity index (χ2v) is 3.13. The van der Waals surface area contributed by atoms with Crippen molar-refractivity contribution in [1.29, 1.82) is 0 Å². The molecule has 0 spiro atoms. The van der Waals surface area contributed by atoms with Crippen LogP contribution in [0.15, 0.2) is 0 Å². The highest BCUT2D eigenvalue weighted by Gasteiger charge is 2.16. The minimum atomic E-state index is -0.222. The van der Waals surface area contributed by atoms with Crippen molar-refractivity contribution in [3.63, 3.8) is 0 Å². The van der Waals surface area contributed by atoms with E-state index in [0.717, 1.165) is 0 Å². The second-order valence-electron chi connectivity index (χ2n) is 3.13. The molecule has 0 unspecified atom stereocenters. The third-order valence-electron chi connectivity index (χ3n) is 2.38. The molecular formula is C10H14O3. The van der Waals surface area contributed by atoms with Gasteiger partial charge in [-0.2, -0.15) is 0 Å². The molecule has 1 rings (SSSR count). The maximum Gasteiger partial charge on any atom is 0.164 e. The van der Waals surface area contributed by atoms with Crippen LogP contribution in [0.1, 0.15) is 23.6 Å². The molecule has 0 aliphatic carbocycles. The Morgan fingerprint density at radius 2 is 1.38 bits per heavy atom. The minimum absolute atomic E-state index is 0.0622. The quantitative estimate of drug-likeness (QED) is 0.459. The van der Waals surface area contributed by atoms with E-state index in [1.54, 1.807) is 13.8 Å². The van der Waals surface area contributed by atoms with E-state index in [1.807, 2.05) is 6.92 Å². The maximum absolute atomic E-state index is 9.55. The summed E-state index contributed by atoms with van der Waals surface area (Å²) in [6.07, 6.45) is 0.582. The van der Waals surface area contributed by atoms with Gasteiger partial charge < -0.3 is 15.3 Å². The van der Waals surface area contributed by atoms with Gasteiger partial charge in [0.25, 0.3) is 0 Å². The zero-order valence-corrected chi connectivity index (χ0v) is 8.05. The van der Waals surface area contributed by atoms with Crippen molar-refractivity contribution in [2.75, 3.05) is 0 Å². The molecule has 72 valence electrons. The van der Waals surface area contributed by atoms with Crippen LogP contribution < -0.4 is 0 Å². The fourth-order valence-electron chi connectivity index (χ4n) is 1.47. The summed E-state index contributed by atoms with van der Waals surface area (Å²) in [5, 5.41) is 28.5. The molecule has 0 saturated carbocycles. The lowest BCUT2D eigenvalue weighted by Crippen LogP contribution is -1.91. The number of benzene rings is 1. The lowest BCUT2D eigenvalue weighted by atomic mass is 10.00. The molecule has 3 nitrogen and oxygen atoms in total. The molecule has 0 radical (unpaired) electrons. The Hall–Kier alpha value is -1.38. The molecule has 0 amide bonds. The smallest absolute Gasteiger partial charge is 0.164 e. The summed E-state index contributed by atoms with van der Waals surface area (Å²) in [4.78, 5) is 0. The maximum atomic E-state index is 9.55. The van der Waals surface area contributed by atoms with Crippen molar-refractivity contribution >= 4 is 0 Å². The van der Waals surface area contributed by atoms with Crippen LogP contribution in [0.25, 0.3) is 0 Å². The summed E-state index contributed by atoms with van der Waals surface area (Å²) in [6, 6.07) is 0. The molecule has 1 aromatic carbocycles. The normalized spacial score (nSPS) is 10.4. The van der Waals surface area contributed by atoms with Crippen LogP contribution in [0.4, 0.5) is 0 Å². The van der Waals surface area contributed by atoms with Crippen LogP contribution in [-0.4, -0.2) is 15.3 Å². The second kappa shape index (κ2) is 3.17. The minimum Gasteiger partial charge on any atom is -0.507 e. The first-order chi connectivity index (χ1) is 6.00. The summed E-state index contributed by atoms with van der Waals surface area (Å²) < 4.78 is 0. The Balaban J connectivity index is 3.56. The molecular weight excluding hydrogens is 168 g/mol. The average molecular weight is 182 g/mol. The van der Waals surface area contributed by atoms with Gasteiger partial charge in [0.15, 0.2) is 11.5 Å². The van der Waals surface area contributed by atoms with Gasteiger partial charge in [0, 0.05) is 11.1 Å². The highest BCUT2D eigenvalue weighted by molar-refractivity contribution is 5.60. The van der Waals surface area contributed by atoms with E-state index in [-0.39, 0.29) is 17.2 Å². The SMILES string of the molecule is CCc1c(C)c(O)c(C)c(O)c1O. The standard InChI is InChI=1S/C10H14O3/c1-4-7-5(2)8(11)6(3)9(12)10(7)13/h11-13H,4H2,1-3H3. The van der Waals surface area contributed by atoms with E-state index in [0.29, 0.717) is 23.1 Å². The largest absolute Gasteiger partial charge is 0.507 e. The summed E-state index contributed by atoms with van der Waals surface area (Å²) in [7, 11) is 0. The van der Waals surface area contributed by atoms with Gasteiger partial charge in [-0.05, 0) is 25.8 Å². The van der Waals surface area contributed by atoms with Gasteiger partial charge in [0.2, 0.25) is 0 Å². The highest BCUT2D eigenvalue weighted by Crippen LogP contribution is 2.41. The lowest BCUT2D eigenvalue weighted by Gasteiger charge is -2.12. The number of phenols is 3. The lowest BCUT2D eigenvalue weighted by molar-refractivity contribution is 0.386. The number of aromatic hydroxyl groups is 3. The molecule has 0 aliphatic rings. The summed E-state index contributed by atoms with van der Waals surface area (Å²) in [6.45, 7) is 5.15. The first kappa shape index (κ1) is 9.71. The fourth-order valence-corrected chi connectivity index (χ4v) is 1.47. The van der Waals surface area contributed by atoms with E-state index < -0.39 is 0 Å². The van der Waals surface area contributed by atoms with Crippen molar-refractivity contribution in [2.24, 2.45) is 0 Å². The Labute approximate surface area is 77.3 Å². The van der Waals surface area contributed by atoms with Gasteiger partial charge in [-0.1, -0.05) is 6.92 Å². The van der Waals surface area contributed by atoms with Crippen molar-refractivity contribution in [2.45, 2.75) is 27.2 Å².